The van der Waals surface area contributed by atoms with Gasteiger partial charge in [0.2, 0.25) is 11.8 Å². The highest BCUT2D eigenvalue weighted by Gasteiger charge is 2.34. The molecule has 0 bridgehead atoms. The van der Waals surface area contributed by atoms with E-state index in [2.05, 4.69) is 15.9 Å². The number of hydrogen-bond acceptors (Lipinski definition) is 3. The fourth-order valence-electron chi connectivity index (χ4n) is 4.28. The lowest BCUT2D eigenvalue weighted by Crippen LogP contribution is -2.50. The summed E-state index contributed by atoms with van der Waals surface area (Å²) in [4.78, 5) is 29.6. The highest BCUT2D eigenvalue weighted by atomic mass is 79.9. The Morgan fingerprint density at radius 1 is 1.00 bits per heavy atom. The zero-order valence-corrected chi connectivity index (χ0v) is 18.9. The molecule has 2 aliphatic rings. The second-order valence-electron chi connectivity index (χ2n) is 8.18. The van der Waals surface area contributed by atoms with E-state index in [4.69, 9.17) is 4.74 Å². The number of carbonyl (C=O) groups excluding carboxylic acids is 2. The molecule has 2 aromatic rings. The summed E-state index contributed by atoms with van der Waals surface area (Å²) in [5.41, 5.74) is 1.84. The number of piperidine rings is 1. The quantitative estimate of drug-likeness (QED) is 0.654. The van der Waals surface area contributed by atoms with Gasteiger partial charge in [-0.1, -0.05) is 40.2 Å². The van der Waals surface area contributed by atoms with E-state index < -0.39 is 0 Å². The number of carbonyl (C=O) groups is 2. The monoisotopic (exact) mass is 488 g/mol. The SMILES string of the molecule is O=C(Cc1ccc(F)cc1)N1CCCC(C(=O)N2CCOC(c3ccc(Br)cc3)C2)C1. The zero-order chi connectivity index (χ0) is 21.8. The Balaban J connectivity index is 1.36. The van der Waals surface area contributed by atoms with Crippen molar-refractivity contribution in [2.24, 2.45) is 5.92 Å². The summed E-state index contributed by atoms with van der Waals surface area (Å²) in [6, 6.07) is 14.0. The van der Waals surface area contributed by atoms with E-state index >= 15 is 0 Å². The minimum Gasteiger partial charge on any atom is -0.370 e. The number of hydrogen-bond donors (Lipinski definition) is 0. The van der Waals surface area contributed by atoms with Gasteiger partial charge in [-0.15, -0.1) is 0 Å². The molecule has 0 radical (unpaired) electrons. The summed E-state index contributed by atoms with van der Waals surface area (Å²) >= 11 is 3.44. The van der Waals surface area contributed by atoms with Gasteiger partial charge in [0.1, 0.15) is 11.9 Å². The van der Waals surface area contributed by atoms with Gasteiger partial charge in [-0.05, 0) is 48.2 Å². The number of likely N-dealkylation sites (tertiary alicyclic amines) is 1. The summed E-state index contributed by atoms with van der Waals surface area (Å²) in [5.74, 6) is -0.412. The van der Waals surface area contributed by atoms with Gasteiger partial charge in [0, 0.05) is 24.1 Å². The van der Waals surface area contributed by atoms with Gasteiger partial charge in [0.15, 0.2) is 0 Å². The van der Waals surface area contributed by atoms with Gasteiger partial charge in [0.05, 0.1) is 25.5 Å². The molecule has 0 spiro atoms. The van der Waals surface area contributed by atoms with Crippen LogP contribution >= 0.6 is 15.9 Å². The van der Waals surface area contributed by atoms with Crippen molar-refractivity contribution in [2.75, 3.05) is 32.8 Å². The molecule has 2 aliphatic heterocycles. The maximum Gasteiger partial charge on any atom is 0.227 e. The predicted molar refractivity (Wildman–Crippen MR) is 119 cm³/mol. The number of nitrogens with zero attached hydrogens (tertiary/aromatic N) is 2. The fraction of sp³-hybridized carbons (Fsp3) is 0.417. The number of amides is 2. The molecule has 0 N–H and O–H groups in total. The molecule has 2 atom stereocenters. The van der Waals surface area contributed by atoms with Crippen LogP contribution in [-0.4, -0.2) is 54.4 Å². The summed E-state index contributed by atoms with van der Waals surface area (Å²) in [6.45, 7) is 2.71. The standard InChI is InChI=1S/C24H26BrFN2O3/c25-20-7-5-18(6-8-20)22-16-28(12-13-31-22)24(30)19-2-1-11-27(15-19)23(29)14-17-3-9-21(26)10-4-17/h3-10,19,22H,1-2,11-16H2. The van der Waals surface area contributed by atoms with Crippen molar-refractivity contribution in [3.05, 3.63) is 69.9 Å². The van der Waals surface area contributed by atoms with Crippen molar-refractivity contribution in [2.45, 2.75) is 25.4 Å². The number of ether oxygens (including phenoxy) is 1. The third-order valence-electron chi connectivity index (χ3n) is 6.01. The molecule has 0 saturated carbocycles. The molecular weight excluding hydrogens is 463 g/mol. The van der Waals surface area contributed by atoms with Crippen LogP contribution in [0.2, 0.25) is 0 Å². The lowest BCUT2D eigenvalue weighted by Gasteiger charge is -2.38. The second-order valence-corrected chi connectivity index (χ2v) is 9.09. The highest BCUT2D eigenvalue weighted by Crippen LogP contribution is 2.27. The summed E-state index contributed by atoms with van der Waals surface area (Å²) in [6.07, 6.45) is 1.70. The van der Waals surface area contributed by atoms with Crippen LogP contribution in [0.3, 0.4) is 0 Å². The maximum atomic E-state index is 13.2. The first-order chi connectivity index (χ1) is 15.0. The van der Waals surface area contributed by atoms with Crippen molar-refractivity contribution in [1.29, 1.82) is 0 Å². The zero-order valence-electron chi connectivity index (χ0n) is 17.3. The molecule has 4 rings (SSSR count). The lowest BCUT2D eigenvalue weighted by atomic mass is 9.95. The molecule has 2 amide bonds. The van der Waals surface area contributed by atoms with Crippen LogP contribution in [0.1, 0.15) is 30.1 Å². The number of halogens is 2. The van der Waals surface area contributed by atoms with E-state index in [0.29, 0.717) is 32.8 Å². The number of morpholine rings is 1. The van der Waals surface area contributed by atoms with Crippen LogP contribution in [0.4, 0.5) is 4.39 Å². The van der Waals surface area contributed by atoms with Crippen molar-refractivity contribution in [3.8, 4) is 0 Å². The van der Waals surface area contributed by atoms with Gasteiger partial charge >= 0.3 is 0 Å². The Kier molecular flexibility index (Phi) is 7.02. The molecule has 2 heterocycles. The van der Waals surface area contributed by atoms with Crippen LogP contribution < -0.4 is 0 Å². The molecule has 2 fully saturated rings. The van der Waals surface area contributed by atoms with E-state index in [-0.39, 0.29) is 36.1 Å². The Bertz CT molecular complexity index is 919. The van der Waals surface area contributed by atoms with Crippen LogP contribution in [-0.2, 0) is 20.7 Å². The van der Waals surface area contributed by atoms with Crippen molar-refractivity contribution >= 4 is 27.7 Å². The molecular formula is C24H26BrFN2O3. The van der Waals surface area contributed by atoms with E-state index in [1.165, 1.54) is 12.1 Å². The van der Waals surface area contributed by atoms with Crippen LogP contribution in [0.25, 0.3) is 0 Å². The van der Waals surface area contributed by atoms with Crippen LogP contribution in [0.15, 0.2) is 53.0 Å². The van der Waals surface area contributed by atoms with E-state index in [0.717, 1.165) is 28.4 Å². The van der Waals surface area contributed by atoms with Crippen molar-refractivity contribution < 1.29 is 18.7 Å². The summed E-state index contributed by atoms with van der Waals surface area (Å²) in [7, 11) is 0. The van der Waals surface area contributed by atoms with E-state index in [9.17, 15) is 14.0 Å². The highest BCUT2D eigenvalue weighted by molar-refractivity contribution is 9.10. The van der Waals surface area contributed by atoms with E-state index in [1.807, 2.05) is 29.2 Å². The van der Waals surface area contributed by atoms with Gasteiger partial charge < -0.3 is 14.5 Å². The first-order valence-corrected chi connectivity index (χ1v) is 11.5. The molecule has 0 aliphatic carbocycles. The maximum absolute atomic E-state index is 13.2. The number of rotatable bonds is 4. The van der Waals surface area contributed by atoms with Crippen molar-refractivity contribution in [1.82, 2.24) is 9.80 Å². The predicted octanol–water partition coefficient (Wildman–Crippen LogP) is 3.97. The lowest BCUT2D eigenvalue weighted by molar-refractivity contribution is -0.146. The van der Waals surface area contributed by atoms with Gasteiger partial charge in [0.25, 0.3) is 0 Å². The Morgan fingerprint density at radius 3 is 2.48 bits per heavy atom. The van der Waals surface area contributed by atoms with E-state index in [1.54, 1.807) is 17.0 Å². The molecule has 2 unspecified atom stereocenters. The third kappa shape index (κ3) is 5.52. The smallest absolute Gasteiger partial charge is 0.227 e. The molecule has 2 saturated heterocycles. The van der Waals surface area contributed by atoms with Gasteiger partial charge in [-0.25, -0.2) is 4.39 Å². The number of benzene rings is 2. The average molecular weight is 489 g/mol. The van der Waals surface area contributed by atoms with Crippen LogP contribution in [0, 0.1) is 11.7 Å². The Labute approximate surface area is 190 Å². The third-order valence-corrected chi connectivity index (χ3v) is 6.54. The Morgan fingerprint density at radius 2 is 1.74 bits per heavy atom. The van der Waals surface area contributed by atoms with Gasteiger partial charge in [-0.3, -0.25) is 9.59 Å². The second kappa shape index (κ2) is 9.92. The first-order valence-electron chi connectivity index (χ1n) is 10.7. The molecule has 164 valence electrons. The minimum absolute atomic E-state index is 0.0150. The molecule has 7 heteroatoms. The molecule has 2 aromatic carbocycles. The molecule has 31 heavy (non-hydrogen) atoms. The summed E-state index contributed by atoms with van der Waals surface area (Å²) in [5, 5.41) is 0. The van der Waals surface area contributed by atoms with Gasteiger partial charge in [-0.2, -0.15) is 0 Å². The minimum atomic E-state index is -0.313. The summed E-state index contributed by atoms with van der Waals surface area (Å²) < 4.78 is 20.0. The normalized spacial score (nSPS) is 21.7. The molecule has 5 nitrogen and oxygen atoms in total. The van der Waals surface area contributed by atoms with Crippen molar-refractivity contribution in [3.63, 3.8) is 0 Å². The first kappa shape index (κ1) is 22.0. The molecule has 0 aromatic heterocycles. The average Bonchev–Trinajstić information content (AvgIpc) is 2.81. The topological polar surface area (TPSA) is 49.9 Å². The largest absolute Gasteiger partial charge is 0.370 e. The fourth-order valence-corrected chi connectivity index (χ4v) is 4.54. The van der Waals surface area contributed by atoms with Crippen LogP contribution in [0.5, 0.6) is 0 Å². The Hall–Kier alpha value is -2.25.